The maximum absolute atomic E-state index is 12.5. The van der Waals surface area contributed by atoms with E-state index in [0.29, 0.717) is 12.2 Å². The molecule has 1 saturated carbocycles. The van der Waals surface area contributed by atoms with Gasteiger partial charge in [-0.3, -0.25) is 14.5 Å². The number of nitrogens with one attached hydrogen (secondary N) is 1. The van der Waals surface area contributed by atoms with E-state index in [1.807, 2.05) is 17.0 Å². The Morgan fingerprint density at radius 3 is 2.45 bits per heavy atom. The predicted molar refractivity (Wildman–Crippen MR) is 122 cm³/mol. The molecule has 0 radical (unpaired) electrons. The molecule has 0 spiro atoms. The van der Waals surface area contributed by atoms with Crippen LogP contribution in [0, 0.1) is 5.92 Å². The zero-order valence-corrected chi connectivity index (χ0v) is 18.5. The van der Waals surface area contributed by atoms with Crippen LogP contribution in [0.25, 0.3) is 0 Å². The number of benzene rings is 1. The van der Waals surface area contributed by atoms with Gasteiger partial charge in [0.1, 0.15) is 5.03 Å². The average molecular weight is 440 g/mol. The molecule has 1 aromatic heterocycles. The van der Waals surface area contributed by atoms with Gasteiger partial charge in [-0.25, -0.2) is 0 Å². The van der Waals surface area contributed by atoms with Crippen molar-refractivity contribution in [2.75, 3.05) is 37.2 Å². The van der Waals surface area contributed by atoms with Crippen molar-refractivity contribution in [2.45, 2.75) is 37.3 Å². The van der Waals surface area contributed by atoms with E-state index in [9.17, 15) is 9.59 Å². The summed E-state index contributed by atoms with van der Waals surface area (Å²) >= 11 is 1.59. The van der Waals surface area contributed by atoms with Crippen LogP contribution in [0.3, 0.4) is 0 Å². The minimum Gasteiger partial charge on any atom is -0.340 e. The van der Waals surface area contributed by atoms with Crippen LogP contribution in [0.5, 0.6) is 0 Å². The number of aromatic nitrogens is 2. The van der Waals surface area contributed by atoms with Gasteiger partial charge in [-0.2, -0.15) is 0 Å². The third-order valence-electron chi connectivity index (χ3n) is 5.60. The second-order valence-electron chi connectivity index (χ2n) is 8.11. The normalized spacial score (nSPS) is 16.8. The topological polar surface area (TPSA) is 78.4 Å². The monoisotopic (exact) mass is 439 g/mol. The van der Waals surface area contributed by atoms with E-state index in [0.717, 1.165) is 62.8 Å². The molecular formula is C23H29N5O2S. The van der Waals surface area contributed by atoms with E-state index >= 15 is 0 Å². The molecule has 8 heteroatoms. The fourth-order valence-corrected chi connectivity index (χ4v) is 4.35. The van der Waals surface area contributed by atoms with Gasteiger partial charge in [-0.15, -0.1) is 22.0 Å². The number of anilines is 1. The lowest BCUT2D eigenvalue weighted by molar-refractivity contribution is -0.133. The van der Waals surface area contributed by atoms with Crippen LogP contribution in [-0.4, -0.2) is 63.7 Å². The maximum Gasteiger partial charge on any atom is 0.228 e. The van der Waals surface area contributed by atoms with Gasteiger partial charge in [-0.05, 0) is 37.0 Å². The van der Waals surface area contributed by atoms with E-state index < -0.39 is 0 Å². The number of amides is 2. The quantitative estimate of drug-likeness (QED) is 0.478. The Kier molecular flexibility index (Phi) is 7.53. The van der Waals surface area contributed by atoms with Crippen LogP contribution in [0.2, 0.25) is 0 Å². The first kappa shape index (κ1) is 21.8. The number of thioether (sulfide) groups is 1. The summed E-state index contributed by atoms with van der Waals surface area (Å²) in [6.45, 7) is 4.41. The van der Waals surface area contributed by atoms with Gasteiger partial charge in [0.15, 0.2) is 5.82 Å². The molecule has 2 aromatic rings. The highest BCUT2D eigenvalue weighted by Crippen LogP contribution is 2.30. The molecule has 164 valence electrons. The molecule has 1 aromatic carbocycles. The van der Waals surface area contributed by atoms with Gasteiger partial charge in [0.05, 0.1) is 0 Å². The molecule has 1 N–H and O–H groups in total. The summed E-state index contributed by atoms with van der Waals surface area (Å²) in [5.74, 6) is 1.75. The van der Waals surface area contributed by atoms with E-state index in [2.05, 4.69) is 44.7 Å². The van der Waals surface area contributed by atoms with Crippen LogP contribution < -0.4 is 5.32 Å². The highest BCUT2D eigenvalue weighted by Gasteiger charge is 2.29. The molecule has 4 rings (SSSR count). The van der Waals surface area contributed by atoms with Gasteiger partial charge in [0.25, 0.3) is 0 Å². The second-order valence-corrected chi connectivity index (χ2v) is 9.23. The first-order chi connectivity index (χ1) is 15.2. The minimum absolute atomic E-state index is 0.0362. The lowest BCUT2D eigenvalue weighted by atomic mass is 10.2. The standard InChI is InChI=1S/C23H29N5O2S/c29-22(28-14-12-27(13-15-28)17-18-5-2-1-3-6-18)7-4-16-31-21-11-10-20(25-26-21)24-23(30)19-8-9-19/h1-3,5-6,10-11,19H,4,7-9,12-17H2,(H,24,25,30). The second kappa shape index (κ2) is 10.7. The van der Waals surface area contributed by atoms with Crippen molar-refractivity contribution in [3.8, 4) is 0 Å². The van der Waals surface area contributed by atoms with Crippen LogP contribution in [-0.2, 0) is 16.1 Å². The van der Waals surface area contributed by atoms with Crippen LogP contribution in [0.4, 0.5) is 5.82 Å². The van der Waals surface area contributed by atoms with Gasteiger partial charge >= 0.3 is 0 Å². The van der Waals surface area contributed by atoms with E-state index in [1.165, 1.54) is 5.56 Å². The average Bonchev–Trinajstić information content (AvgIpc) is 3.65. The maximum atomic E-state index is 12.5. The third-order valence-corrected chi connectivity index (χ3v) is 6.60. The van der Waals surface area contributed by atoms with Crippen molar-refractivity contribution >= 4 is 29.4 Å². The fraction of sp³-hybridized carbons (Fsp3) is 0.478. The molecule has 0 atom stereocenters. The Hall–Kier alpha value is -2.45. The zero-order valence-electron chi connectivity index (χ0n) is 17.7. The van der Waals surface area contributed by atoms with Gasteiger partial charge in [0, 0.05) is 50.8 Å². The molecule has 0 unspecified atom stereocenters. The lowest BCUT2D eigenvalue weighted by Gasteiger charge is -2.34. The Balaban J connectivity index is 1.10. The molecule has 1 aliphatic carbocycles. The van der Waals surface area contributed by atoms with Crippen molar-refractivity contribution in [1.29, 1.82) is 0 Å². The van der Waals surface area contributed by atoms with Crippen molar-refractivity contribution in [1.82, 2.24) is 20.0 Å². The van der Waals surface area contributed by atoms with Gasteiger partial charge in [0.2, 0.25) is 11.8 Å². The Morgan fingerprint density at radius 1 is 1.00 bits per heavy atom. The molecular weight excluding hydrogens is 410 g/mol. The number of rotatable bonds is 9. The summed E-state index contributed by atoms with van der Waals surface area (Å²) < 4.78 is 0. The van der Waals surface area contributed by atoms with Crippen LogP contribution >= 0.6 is 11.8 Å². The highest BCUT2D eigenvalue weighted by atomic mass is 32.2. The Labute approximate surface area is 187 Å². The highest BCUT2D eigenvalue weighted by molar-refractivity contribution is 7.99. The number of hydrogen-bond donors (Lipinski definition) is 1. The van der Waals surface area contributed by atoms with E-state index in [-0.39, 0.29) is 17.7 Å². The van der Waals surface area contributed by atoms with Crippen molar-refractivity contribution in [3.05, 3.63) is 48.0 Å². The predicted octanol–water partition coefficient (Wildman–Crippen LogP) is 3.04. The minimum atomic E-state index is 0.0362. The molecule has 2 fully saturated rings. The molecule has 2 heterocycles. The Bertz CT molecular complexity index is 865. The number of piperazine rings is 1. The van der Waals surface area contributed by atoms with Crippen molar-refractivity contribution in [3.63, 3.8) is 0 Å². The molecule has 0 bridgehead atoms. The Morgan fingerprint density at radius 2 is 1.77 bits per heavy atom. The molecule has 1 aliphatic heterocycles. The third kappa shape index (κ3) is 6.77. The van der Waals surface area contributed by atoms with Gasteiger partial charge in [-0.1, -0.05) is 30.3 Å². The van der Waals surface area contributed by atoms with Crippen molar-refractivity contribution < 1.29 is 9.59 Å². The van der Waals surface area contributed by atoms with Gasteiger partial charge < -0.3 is 10.2 Å². The largest absolute Gasteiger partial charge is 0.340 e. The molecule has 1 saturated heterocycles. The van der Waals surface area contributed by atoms with Crippen LogP contribution in [0.1, 0.15) is 31.2 Å². The first-order valence-corrected chi connectivity index (χ1v) is 12.0. The van der Waals surface area contributed by atoms with E-state index in [1.54, 1.807) is 17.8 Å². The summed E-state index contributed by atoms with van der Waals surface area (Å²) in [5, 5.41) is 11.8. The number of nitrogens with zero attached hydrogens (tertiary/aromatic N) is 4. The summed E-state index contributed by atoms with van der Waals surface area (Å²) in [4.78, 5) is 28.7. The number of carbonyl (C=O) groups excluding carboxylic acids is 2. The summed E-state index contributed by atoms with van der Waals surface area (Å²) in [5.41, 5.74) is 1.32. The number of carbonyl (C=O) groups is 2. The molecule has 2 aliphatic rings. The summed E-state index contributed by atoms with van der Waals surface area (Å²) in [7, 11) is 0. The lowest BCUT2D eigenvalue weighted by Crippen LogP contribution is -2.48. The SMILES string of the molecule is O=C(Nc1ccc(SCCCC(=O)N2CCN(Cc3ccccc3)CC2)nn1)C1CC1. The van der Waals surface area contributed by atoms with Crippen LogP contribution in [0.15, 0.2) is 47.5 Å². The van der Waals surface area contributed by atoms with E-state index in [4.69, 9.17) is 0 Å². The fourth-order valence-electron chi connectivity index (χ4n) is 3.59. The molecule has 2 amide bonds. The molecule has 7 nitrogen and oxygen atoms in total. The zero-order chi connectivity index (χ0) is 21.5. The summed E-state index contributed by atoms with van der Waals surface area (Å²) in [6, 6.07) is 14.1. The first-order valence-electron chi connectivity index (χ1n) is 11.0. The number of hydrogen-bond acceptors (Lipinski definition) is 6. The van der Waals surface area contributed by atoms with Crippen molar-refractivity contribution in [2.24, 2.45) is 5.92 Å². The molecule has 31 heavy (non-hydrogen) atoms. The smallest absolute Gasteiger partial charge is 0.228 e. The summed E-state index contributed by atoms with van der Waals surface area (Å²) in [6.07, 6.45) is 3.31.